The summed E-state index contributed by atoms with van der Waals surface area (Å²) in [6.07, 6.45) is 10.3. The number of alkyl halides is 1. The molecule has 0 amide bonds. The van der Waals surface area contributed by atoms with E-state index in [1.165, 1.54) is 32.1 Å². The smallest absolute Gasteiger partial charge is 0.168 e. The van der Waals surface area contributed by atoms with Crippen LogP contribution in [0.2, 0.25) is 0 Å². The van der Waals surface area contributed by atoms with Gasteiger partial charge in [0.15, 0.2) is 9.84 Å². The molecule has 0 N–H and O–H groups in total. The van der Waals surface area contributed by atoms with Crippen LogP contribution in [0.1, 0.15) is 57.8 Å². The van der Waals surface area contributed by atoms with Crippen LogP contribution in [0.4, 0.5) is 0 Å². The minimum atomic E-state index is -3.06. The molecule has 3 rings (SSSR count). The van der Waals surface area contributed by atoms with Crippen molar-refractivity contribution in [1.29, 1.82) is 0 Å². The quantitative estimate of drug-likeness (QED) is 0.635. The van der Waals surface area contributed by atoms with Gasteiger partial charge in [0.05, 0.1) is 5.75 Å². The zero-order chi connectivity index (χ0) is 12.1. The molecule has 0 aromatic heterocycles. The first-order chi connectivity index (χ1) is 8.03. The lowest BCUT2D eigenvalue weighted by molar-refractivity contribution is 0.0211. The van der Waals surface area contributed by atoms with E-state index < -0.39 is 14.5 Å². The van der Waals surface area contributed by atoms with Crippen LogP contribution in [0.5, 0.6) is 0 Å². The zero-order valence-corrected chi connectivity index (χ0v) is 11.8. The fraction of sp³-hybridized carbons (Fsp3) is 1.00. The summed E-state index contributed by atoms with van der Waals surface area (Å²) < 4.78 is 23.9. The Balaban J connectivity index is 2.12. The van der Waals surface area contributed by atoms with Crippen LogP contribution in [0, 0.1) is 10.8 Å². The molecule has 2 saturated carbocycles. The van der Waals surface area contributed by atoms with Crippen molar-refractivity contribution in [3.05, 3.63) is 0 Å². The summed E-state index contributed by atoms with van der Waals surface area (Å²) in [7, 11) is -3.06. The Kier molecular flexibility index (Phi) is 2.79. The van der Waals surface area contributed by atoms with Gasteiger partial charge in [0.25, 0.3) is 0 Å². The second kappa shape index (κ2) is 3.86. The van der Waals surface area contributed by atoms with E-state index in [0.29, 0.717) is 5.75 Å². The molecule has 2 nitrogen and oxygen atoms in total. The summed E-state index contributed by atoms with van der Waals surface area (Å²) in [5.41, 5.74) is -0.0465. The fourth-order valence-corrected chi connectivity index (χ4v) is 8.12. The van der Waals surface area contributed by atoms with Crippen LogP contribution < -0.4 is 0 Å². The lowest BCUT2D eigenvalue weighted by Crippen LogP contribution is -2.45. The predicted octanol–water partition coefficient (Wildman–Crippen LogP) is 3.49. The van der Waals surface area contributed by atoms with Gasteiger partial charge in [-0.05, 0) is 31.1 Å². The fourth-order valence-electron chi connectivity index (χ4n) is 4.82. The summed E-state index contributed by atoms with van der Waals surface area (Å²) >= 11 is 6.42. The van der Waals surface area contributed by atoms with Gasteiger partial charge >= 0.3 is 0 Å². The molecule has 17 heavy (non-hydrogen) atoms. The molecular weight excluding hydrogens is 256 g/mol. The molecular formula is C13H21ClO2S. The van der Waals surface area contributed by atoms with Crippen molar-refractivity contribution in [3.8, 4) is 0 Å². The Morgan fingerprint density at radius 3 is 2.12 bits per heavy atom. The number of halogens is 1. The predicted molar refractivity (Wildman–Crippen MR) is 69.8 cm³/mol. The Bertz CT molecular complexity index is 419. The monoisotopic (exact) mass is 276 g/mol. The molecule has 0 spiro atoms. The second-order valence-electron chi connectivity index (χ2n) is 6.33. The molecule has 2 aliphatic carbocycles. The van der Waals surface area contributed by atoms with Gasteiger partial charge in [-0.15, -0.1) is 11.6 Å². The van der Waals surface area contributed by atoms with Crippen LogP contribution in [0.15, 0.2) is 0 Å². The zero-order valence-electron chi connectivity index (χ0n) is 10.3. The second-order valence-corrected chi connectivity index (χ2v) is 9.11. The normalized spacial score (nSPS) is 49.1. The molecule has 0 aromatic rings. The Hall–Kier alpha value is 0.240. The van der Waals surface area contributed by atoms with Crippen LogP contribution >= 0.6 is 11.6 Å². The standard InChI is InChI=1S/C13H21ClO2S/c14-11-13-8-3-1-2-6-12(13,7-4-5-9-13)10-17(11,15)16/h11H,1-10H2/t11-,12-,13-/m1/s1. The van der Waals surface area contributed by atoms with E-state index in [2.05, 4.69) is 0 Å². The van der Waals surface area contributed by atoms with Gasteiger partial charge in [-0.3, -0.25) is 0 Å². The average Bonchev–Trinajstić information content (AvgIpc) is 2.43. The average molecular weight is 277 g/mol. The Morgan fingerprint density at radius 2 is 1.41 bits per heavy atom. The third-order valence-electron chi connectivity index (χ3n) is 5.59. The molecule has 0 radical (unpaired) electrons. The first kappa shape index (κ1) is 12.3. The van der Waals surface area contributed by atoms with E-state index in [0.717, 1.165) is 25.7 Å². The summed E-state index contributed by atoms with van der Waals surface area (Å²) in [5.74, 6) is 0.369. The first-order valence-corrected chi connectivity index (χ1v) is 9.03. The molecule has 0 unspecified atom stereocenters. The molecule has 3 fully saturated rings. The van der Waals surface area contributed by atoms with Gasteiger partial charge in [0.1, 0.15) is 4.71 Å². The molecule has 1 aliphatic heterocycles. The van der Waals surface area contributed by atoms with Crippen LogP contribution in [-0.2, 0) is 9.84 Å². The Morgan fingerprint density at radius 1 is 0.882 bits per heavy atom. The maximum atomic E-state index is 12.3. The van der Waals surface area contributed by atoms with E-state index in [-0.39, 0.29) is 10.8 Å². The van der Waals surface area contributed by atoms with Gasteiger partial charge in [0, 0.05) is 5.41 Å². The van der Waals surface area contributed by atoms with E-state index in [1.54, 1.807) is 0 Å². The lowest BCUT2D eigenvalue weighted by Gasteiger charge is -2.49. The summed E-state index contributed by atoms with van der Waals surface area (Å²) in [5, 5.41) is 0. The van der Waals surface area contributed by atoms with Gasteiger partial charge in [0.2, 0.25) is 0 Å². The summed E-state index contributed by atoms with van der Waals surface area (Å²) in [6, 6.07) is 0. The topological polar surface area (TPSA) is 34.1 Å². The van der Waals surface area contributed by atoms with Crippen LogP contribution in [0.25, 0.3) is 0 Å². The Labute approximate surface area is 109 Å². The molecule has 4 heteroatoms. The van der Waals surface area contributed by atoms with Crippen molar-refractivity contribution in [2.24, 2.45) is 10.8 Å². The van der Waals surface area contributed by atoms with E-state index >= 15 is 0 Å². The summed E-state index contributed by atoms with van der Waals surface area (Å²) in [6.45, 7) is 0. The van der Waals surface area contributed by atoms with Gasteiger partial charge < -0.3 is 0 Å². The van der Waals surface area contributed by atoms with Gasteiger partial charge in [-0.25, -0.2) is 8.42 Å². The molecule has 3 aliphatic rings. The highest BCUT2D eigenvalue weighted by atomic mass is 35.5. The molecule has 1 saturated heterocycles. The minimum absolute atomic E-state index is 0.0347. The molecule has 1 heterocycles. The maximum Gasteiger partial charge on any atom is 0.168 e. The highest BCUT2D eigenvalue weighted by molar-refractivity contribution is 7.93. The van der Waals surface area contributed by atoms with Crippen molar-refractivity contribution in [2.75, 3.05) is 5.75 Å². The third-order valence-corrected chi connectivity index (χ3v) is 8.86. The van der Waals surface area contributed by atoms with Gasteiger partial charge in [-0.2, -0.15) is 0 Å². The molecule has 98 valence electrons. The van der Waals surface area contributed by atoms with Crippen molar-refractivity contribution < 1.29 is 8.42 Å². The van der Waals surface area contributed by atoms with Crippen LogP contribution in [0.3, 0.4) is 0 Å². The molecule has 3 atom stereocenters. The lowest BCUT2D eigenvalue weighted by atomic mass is 9.55. The highest BCUT2D eigenvalue weighted by Gasteiger charge is 2.66. The number of hydrogen-bond acceptors (Lipinski definition) is 2. The van der Waals surface area contributed by atoms with E-state index in [1.807, 2.05) is 0 Å². The minimum Gasteiger partial charge on any atom is -0.227 e. The number of rotatable bonds is 0. The van der Waals surface area contributed by atoms with Crippen LogP contribution in [-0.4, -0.2) is 18.9 Å². The van der Waals surface area contributed by atoms with E-state index in [9.17, 15) is 8.42 Å². The van der Waals surface area contributed by atoms with Crippen molar-refractivity contribution in [3.63, 3.8) is 0 Å². The maximum absolute atomic E-state index is 12.3. The van der Waals surface area contributed by atoms with Crippen molar-refractivity contribution in [1.82, 2.24) is 0 Å². The largest absolute Gasteiger partial charge is 0.227 e. The third kappa shape index (κ3) is 1.54. The highest BCUT2D eigenvalue weighted by Crippen LogP contribution is 2.66. The SMILES string of the molecule is O=S1(=O)C[C@]23CCCCC[C@@]2(CCCC3)[C@@H]1Cl. The van der Waals surface area contributed by atoms with Crippen molar-refractivity contribution >= 4 is 21.4 Å². The van der Waals surface area contributed by atoms with Gasteiger partial charge in [-0.1, -0.05) is 32.1 Å². The number of hydrogen-bond donors (Lipinski definition) is 0. The van der Waals surface area contributed by atoms with E-state index in [4.69, 9.17) is 11.6 Å². The molecule has 0 bridgehead atoms. The summed E-state index contributed by atoms with van der Waals surface area (Å²) in [4.78, 5) is 0. The van der Waals surface area contributed by atoms with Crippen molar-refractivity contribution in [2.45, 2.75) is 62.5 Å². The molecule has 0 aromatic carbocycles. The number of sulfone groups is 1. The first-order valence-electron chi connectivity index (χ1n) is 6.88.